The number of hydrogen-bond donors (Lipinski definition) is 3. The van der Waals surface area contributed by atoms with E-state index in [0.717, 1.165) is 37.8 Å². The van der Waals surface area contributed by atoms with Crippen LogP contribution in [-0.4, -0.2) is 33.2 Å². The highest BCUT2D eigenvalue weighted by atomic mass is 19.4. The van der Waals surface area contributed by atoms with Crippen molar-refractivity contribution in [3.8, 4) is 11.1 Å². The van der Waals surface area contributed by atoms with Crippen LogP contribution in [0.5, 0.6) is 0 Å². The average Bonchev–Trinajstić information content (AvgIpc) is 3.06. The van der Waals surface area contributed by atoms with E-state index in [1.807, 2.05) is 6.08 Å². The molecule has 27 heavy (non-hydrogen) atoms. The van der Waals surface area contributed by atoms with Crippen LogP contribution >= 0.6 is 0 Å². The van der Waals surface area contributed by atoms with E-state index in [1.165, 1.54) is 6.07 Å². The van der Waals surface area contributed by atoms with Gasteiger partial charge in [0.25, 0.3) is 0 Å². The van der Waals surface area contributed by atoms with Crippen LogP contribution in [0, 0.1) is 0 Å². The van der Waals surface area contributed by atoms with Crippen LogP contribution in [0.4, 0.5) is 19.0 Å². The molecular weight excluding hydrogens is 357 g/mol. The first-order valence-electron chi connectivity index (χ1n) is 9.04. The molecule has 0 saturated heterocycles. The Morgan fingerprint density at radius 2 is 1.96 bits per heavy atom. The molecule has 4 rings (SSSR count). The maximum Gasteiger partial charge on any atom is 0.416 e. The molecule has 0 spiro atoms. The van der Waals surface area contributed by atoms with E-state index in [-0.39, 0.29) is 12.3 Å². The zero-order valence-electron chi connectivity index (χ0n) is 14.6. The summed E-state index contributed by atoms with van der Waals surface area (Å²) in [7, 11) is 0. The highest BCUT2D eigenvalue weighted by molar-refractivity contribution is 5.78. The van der Waals surface area contributed by atoms with Crippen LogP contribution in [0.15, 0.2) is 36.5 Å². The van der Waals surface area contributed by atoms with Gasteiger partial charge in [0.1, 0.15) is 5.82 Å². The smallest absolute Gasteiger partial charge is 0.393 e. The third-order valence-corrected chi connectivity index (χ3v) is 5.12. The predicted molar refractivity (Wildman–Crippen MR) is 96.8 cm³/mol. The van der Waals surface area contributed by atoms with Crippen LogP contribution in [0.2, 0.25) is 0 Å². The van der Waals surface area contributed by atoms with Gasteiger partial charge in [0, 0.05) is 17.8 Å². The third kappa shape index (κ3) is 3.86. The Kier molecular flexibility index (Phi) is 4.69. The molecule has 2 aliphatic rings. The van der Waals surface area contributed by atoms with E-state index in [9.17, 15) is 18.3 Å². The quantitative estimate of drug-likeness (QED) is 0.763. The maximum atomic E-state index is 13.0. The first-order valence-corrected chi connectivity index (χ1v) is 9.04. The summed E-state index contributed by atoms with van der Waals surface area (Å²) in [5, 5.41) is 20.7. The molecule has 1 unspecified atom stereocenters. The fraction of sp³-hybridized carbons (Fsp3) is 0.421. The first-order chi connectivity index (χ1) is 12.9. The molecule has 0 radical (unpaired) electrons. The highest BCUT2D eigenvalue weighted by Gasteiger charge is 2.31. The summed E-state index contributed by atoms with van der Waals surface area (Å²) in [6, 6.07) is 5.56. The maximum absolute atomic E-state index is 13.0. The number of aromatic nitrogens is 2. The average molecular weight is 378 g/mol. The van der Waals surface area contributed by atoms with Gasteiger partial charge in [-0.05, 0) is 49.5 Å². The van der Waals surface area contributed by atoms with Gasteiger partial charge >= 0.3 is 6.18 Å². The van der Waals surface area contributed by atoms with Crippen LogP contribution in [0.25, 0.3) is 17.3 Å². The standard InChI is InChI=1S/C19H21F3N4O/c20-19(21,22)13-3-1-2-12(10-13)16-11-23-26-9-8-17(25-18(16)26)24-14-4-6-15(27)7-5-14/h1-3,8-11,14-15,17,24-25,27H,4-7H2/t14-,15-,17?. The second-order valence-corrected chi connectivity index (χ2v) is 7.07. The Morgan fingerprint density at radius 1 is 1.19 bits per heavy atom. The SMILES string of the molecule is O[C@H]1CC[C@H](NC2C=Cn3ncc(-c4cccc(C(F)(F)F)c4)c3N2)CC1. The normalized spacial score (nSPS) is 25.1. The lowest BCUT2D eigenvalue weighted by Gasteiger charge is -2.31. The lowest BCUT2D eigenvalue weighted by atomic mass is 9.93. The van der Waals surface area contributed by atoms with Crippen molar-refractivity contribution in [1.82, 2.24) is 15.1 Å². The van der Waals surface area contributed by atoms with Gasteiger partial charge in [-0.3, -0.25) is 5.32 Å². The first kappa shape index (κ1) is 18.1. The minimum Gasteiger partial charge on any atom is -0.393 e. The number of halogens is 3. The fourth-order valence-electron chi connectivity index (χ4n) is 3.65. The second kappa shape index (κ2) is 7.01. The summed E-state index contributed by atoms with van der Waals surface area (Å²) in [6.45, 7) is 0. The van der Waals surface area contributed by atoms with Crippen molar-refractivity contribution in [2.45, 2.75) is 50.2 Å². The molecule has 1 aliphatic carbocycles. The van der Waals surface area contributed by atoms with Gasteiger partial charge in [-0.15, -0.1) is 0 Å². The number of rotatable bonds is 3. The molecule has 3 N–H and O–H groups in total. The monoisotopic (exact) mass is 378 g/mol. The Hall–Kier alpha value is -2.32. The van der Waals surface area contributed by atoms with Gasteiger partial charge in [0.2, 0.25) is 0 Å². The topological polar surface area (TPSA) is 62.1 Å². The molecule has 2 aromatic rings. The molecule has 1 fully saturated rings. The minimum atomic E-state index is -4.38. The van der Waals surface area contributed by atoms with Crippen molar-refractivity contribution in [1.29, 1.82) is 0 Å². The summed E-state index contributed by atoms with van der Waals surface area (Å²) < 4.78 is 40.7. The van der Waals surface area contributed by atoms with Crippen molar-refractivity contribution in [2.24, 2.45) is 0 Å². The Labute approximate surface area is 154 Å². The van der Waals surface area contributed by atoms with Crippen LogP contribution in [0.1, 0.15) is 31.2 Å². The number of fused-ring (bicyclic) bond motifs is 1. The lowest BCUT2D eigenvalue weighted by molar-refractivity contribution is -0.137. The summed E-state index contributed by atoms with van der Waals surface area (Å²) >= 11 is 0. The van der Waals surface area contributed by atoms with E-state index in [1.54, 1.807) is 23.1 Å². The molecule has 1 saturated carbocycles. The van der Waals surface area contributed by atoms with Gasteiger partial charge < -0.3 is 10.4 Å². The molecule has 8 heteroatoms. The molecule has 1 aromatic heterocycles. The Morgan fingerprint density at radius 3 is 2.70 bits per heavy atom. The number of hydrogen-bond acceptors (Lipinski definition) is 4. The summed E-state index contributed by atoms with van der Waals surface area (Å²) in [6.07, 6.45) is 3.92. The number of benzene rings is 1. The summed E-state index contributed by atoms with van der Waals surface area (Å²) in [4.78, 5) is 0. The van der Waals surface area contributed by atoms with E-state index in [4.69, 9.17) is 0 Å². The van der Waals surface area contributed by atoms with E-state index >= 15 is 0 Å². The number of aliphatic hydroxyl groups is 1. The molecule has 144 valence electrons. The van der Waals surface area contributed by atoms with Crippen molar-refractivity contribution >= 4 is 12.0 Å². The van der Waals surface area contributed by atoms with Crippen LogP contribution in [-0.2, 0) is 6.18 Å². The molecule has 5 nitrogen and oxygen atoms in total. The van der Waals surface area contributed by atoms with Gasteiger partial charge in [0.15, 0.2) is 0 Å². The number of alkyl halides is 3. The van der Waals surface area contributed by atoms with Crippen molar-refractivity contribution in [2.75, 3.05) is 5.32 Å². The Bertz CT molecular complexity index is 838. The van der Waals surface area contributed by atoms with Crippen molar-refractivity contribution in [3.05, 3.63) is 42.1 Å². The van der Waals surface area contributed by atoms with Gasteiger partial charge in [-0.2, -0.15) is 18.3 Å². The fourth-order valence-corrected chi connectivity index (χ4v) is 3.65. The highest BCUT2D eigenvalue weighted by Crippen LogP contribution is 2.35. The van der Waals surface area contributed by atoms with Gasteiger partial charge in [-0.25, -0.2) is 4.68 Å². The van der Waals surface area contributed by atoms with Crippen molar-refractivity contribution in [3.63, 3.8) is 0 Å². The zero-order valence-corrected chi connectivity index (χ0v) is 14.6. The zero-order chi connectivity index (χ0) is 19.0. The molecule has 1 aliphatic heterocycles. The van der Waals surface area contributed by atoms with Gasteiger partial charge in [-0.1, -0.05) is 12.1 Å². The van der Waals surface area contributed by atoms with E-state index < -0.39 is 11.7 Å². The van der Waals surface area contributed by atoms with Crippen molar-refractivity contribution < 1.29 is 18.3 Å². The predicted octanol–water partition coefficient (Wildman–Crippen LogP) is 3.68. The van der Waals surface area contributed by atoms with E-state index in [0.29, 0.717) is 23.0 Å². The van der Waals surface area contributed by atoms with Crippen LogP contribution < -0.4 is 10.6 Å². The molecule has 2 heterocycles. The summed E-state index contributed by atoms with van der Waals surface area (Å²) in [5.74, 6) is 0.658. The third-order valence-electron chi connectivity index (χ3n) is 5.12. The summed E-state index contributed by atoms with van der Waals surface area (Å²) in [5.41, 5.74) is 0.409. The number of aliphatic hydroxyl groups excluding tert-OH is 1. The molecule has 0 bridgehead atoms. The molecule has 0 amide bonds. The number of anilines is 1. The lowest BCUT2D eigenvalue weighted by Crippen LogP contribution is -2.45. The van der Waals surface area contributed by atoms with Gasteiger partial charge in [0.05, 0.1) is 24.0 Å². The number of nitrogens with zero attached hydrogens (tertiary/aromatic N) is 2. The van der Waals surface area contributed by atoms with Crippen LogP contribution in [0.3, 0.4) is 0 Å². The largest absolute Gasteiger partial charge is 0.416 e. The minimum absolute atomic E-state index is 0.140. The molecular formula is C19H21F3N4O. The second-order valence-electron chi connectivity index (χ2n) is 7.07. The molecule has 1 aromatic carbocycles. The molecule has 1 atom stereocenters. The Balaban J connectivity index is 1.53. The van der Waals surface area contributed by atoms with E-state index in [2.05, 4.69) is 15.7 Å². The number of nitrogens with one attached hydrogen (secondary N) is 2.